The van der Waals surface area contributed by atoms with E-state index in [1.165, 1.54) is 17.4 Å². The second kappa shape index (κ2) is 7.71. The summed E-state index contributed by atoms with van der Waals surface area (Å²) in [6, 6.07) is 4.97. The molecule has 1 aromatic carbocycles. The molecule has 0 saturated carbocycles. The lowest BCUT2D eigenvalue weighted by molar-refractivity contribution is -0.118. The summed E-state index contributed by atoms with van der Waals surface area (Å²) in [5.74, 6) is -2.60. The number of carbonyl (C=O) groups excluding carboxylic acids is 2. The molecule has 4 rings (SSSR count). The van der Waals surface area contributed by atoms with Crippen LogP contribution in [0, 0.1) is 24.0 Å². The van der Waals surface area contributed by atoms with Crippen molar-refractivity contribution in [2.45, 2.75) is 46.5 Å². The van der Waals surface area contributed by atoms with Crippen LogP contribution in [-0.4, -0.2) is 11.7 Å². The smallest absolute Gasteiger partial charge is 0.254 e. The number of aryl methyl sites for hydroxylation is 1. The molecule has 1 aliphatic carbocycles. The average molecular weight is 443 g/mol. The van der Waals surface area contributed by atoms with Gasteiger partial charge in [0.2, 0.25) is 0 Å². The first-order chi connectivity index (χ1) is 14.6. The van der Waals surface area contributed by atoms with Gasteiger partial charge in [-0.2, -0.15) is 0 Å². The summed E-state index contributed by atoms with van der Waals surface area (Å²) in [5, 5.41) is 7.79. The fraction of sp³-hybridized carbons (Fsp3) is 0.333. The minimum Gasteiger partial charge on any atom is -0.362 e. The van der Waals surface area contributed by atoms with Crippen LogP contribution in [0.2, 0.25) is 0 Å². The van der Waals surface area contributed by atoms with Crippen molar-refractivity contribution in [1.29, 1.82) is 0 Å². The Kier molecular flexibility index (Phi) is 5.33. The van der Waals surface area contributed by atoms with E-state index < -0.39 is 23.5 Å². The average Bonchev–Trinajstić information content (AvgIpc) is 3.07. The summed E-state index contributed by atoms with van der Waals surface area (Å²) in [5.41, 5.74) is 3.18. The molecule has 2 heterocycles. The van der Waals surface area contributed by atoms with Gasteiger partial charge in [0.15, 0.2) is 5.78 Å². The predicted octanol–water partition coefficient (Wildman–Crippen LogP) is 5.58. The maximum atomic E-state index is 14.2. The summed E-state index contributed by atoms with van der Waals surface area (Å²) in [6.45, 7) is 7.86. The lowest BCUT2D eigenvalue weighted by atomic mass is 9.69. The monoisotopic (exact) mass is 442 g/mol. The van der Waals surface area contributed by atoms with Crippen molar-refractivity contribution in [1.82, 2.24) is 5.32 Å². The van der Waals surface area contributed by atoms with Crippen molar-refractivity contribution < 1.29 is 18.4 Å². The Morgan fingerprint density at radius 1 is 1.19 bits per heavy atom. The van der Waals surface area contributed by atoms with E-state index in [-0.39, 0.29) is 16.9 Å². The Morgan fingerprint density at radius 2 is 1.94 bits per heavy atom. The highest BCUT2D eigenvalue weighted by Crippen LogP contribution is 2.48. The number of Topliss-reactive ketones (excluding diaryl/α,β-unsaturated/α-hetero) is 1. The number of halogens is 2. The highest BCUT2D eigenvalue weighted by atomic mass is 32.1. The molecule has 0 radical (unpaired) electrons. The van der Waals surface area contributed by atoms with Gasteiger partial charge in [0.1, 0.15) is 11.6 Å². The number of hydrogen-bond donors (Lipinski definition) is 2. The van der Waals surface area contributed by atoms with Gasteiger partial charge in [0, 0.05) is 39.9 Å². The Bertz CT molecular complexity index is 1160. The fourth-order valence-corrected chi connectivity index (χ4v) is 5.50. The van der Waals surface area contributed by atoms with Gasteiger partial charge in [0.05, 0.1) is 11.6 Å². The van der Waals surface area contributed by atoms with Crippen LogP contribution in [0.25, 0.3) is 0 Å². The molecular weight excluding hydrogens is 418 g/mol. The molecule has 2 N–H and O–H groups in total. The van der Waals surface area contributed by atoms with Crippen LogP contribution in [0.1, 0.15) is 50.0 Å². The van der Waals surface area contributed by atoms with Crippen LogP contribution >= 0.6 is 11.3 Å². The Hall–Kier alpha value is -2.80. The van der Waals surface area contributed by atoms with E-state index in [4.69, 9.17) is 0 Å². The Balaban J connectivity index is 1.80. The molecule has 4 nitrogen and oxygen atoms in total. The van der Waals surface area contributed by atoms with E-state index in [0.717, 1.165) is 28.3 Å². The Morgan fingerprint density at radius 3 is 2.58 bits per heavy atom. The normalized spacial score (nSPS) is 20.5. The van der Waals surface area contributed by atoms with E-state index in [0.29, 0.717) is 29.7 Å². The second-order valence-electron chi connectivity index (χ2n) is 8.98. The van der Waals surface area contributed by atoms with Crippen molar-refractivity contribution in [2.24, 2.45) is 5.41 Å². The van der Waals surface area contributed by atoms with Gasteiger partial charge < -0.3 is 10.6 Å². The number of thiophene rings is 1. The van der Waals surface area contributed by atoms with Crippen LogP contribution in [-0.2, 0) is 9.59 Å². The van der Waals surface area contributed by atoms with Gasteiger partial charge in [-0.1, -0.05) is 13.8 Å². The van der Waals surface area contributed by atoms with E-state index in [1.54, 1.807) is 6.92 Å². The number of benzene rings is 1. The number of anilines is 1. The maximum Gasteiger partial charge on any atom is 0.254 e. The van der Waals surface area contributed by atoms with Crippen LogP contribution in [0.4, 0.5) is 14.5 Å². The van der Waals surface area contributed by atoms with E-state index >= 15 is 0 Å². The fourth-order valence-electron chi connectivity index (χ4n) is 4.46. The van der Waals surface area contributed by atoms with Crippen LogP contribution < -0.4 is 10.6 Å². The molecule has 2 aliphatic rings. The van der Waals surface area contributed by atoms with Gasteiger partial charge in [0.25, 0.3) is 5.91 Å². The summed E-state index contributed by atoms with van der Waals surface area (Å²) in [7, 11) is 0. The summed E-state index contributed by atoms with van der Waals surface area (Å²) in [4.78, 5) is 27.5. The molecular formula is C24H24F2N2O2S. The van der Waals surface area contributed by atoms with Crippen molar-refractivity contribution >= 4 is 28.7 Å². The molecule has 162 valence electrons. The van der Waals surface area contributed by atoms with E-state index in [1.807, 2.05) is 18.4 Å². The van der Waals surface area contributed by atoms with Crippen molar-refractivity contribution in [3.8, 4) is 0 Å². The van der Waals surface area contributed by atoms with Gasteiger partial charge in [-0.05, 0) is 54.8 Å². The maximum absolute atomic E-state index is 14.2. The van der Waals surface area contributed by atoms with Gasteiger partial charge in [-0.25, -0.2) is 8.78 Å². The minimum atomic E-state index is -0.852. The number of rotatable bonds is 3. The lowest BCUT2D eigenvalue weighted by Crippen LogP contribution is -2.39. The van der Waals surface area contributed by atoms with Crippen LogP contribution in [0.3, 0.4) is 0 Å². The number of carbonyl (C=O) groups is 2. The van der Waals surface area contributed by atoms with Crippen LogP contribution in [0.5, 0.6) is 0 Å². The topological polar surface area (TPSA) is 58.2 Å². The number of nitrogens with one attached hydrogen (secondary N) is 2. The zero-order valence-electron chi connectivity index (χ0n) is 17.9. The first-order valence-electron chi connectivity index (χ1n) is 10.1. The molecule has 1 aromatic heterocycles. The highest BCUT2D eigenvalue weighted by molar-refractivity contribution is 7.10. The number of amides is 1. The van der Waals surface area contributed by atoms with Crippen LogP contribution in [0.15, 0.2) is 52.2 Å². The largest absolute Gasteiger partial charge is 0.362 e. The molecule has 1 aliphatic heterocycles. The molecule has 0 saturated heterocycles. The minimum absolute atomic E-state index is 0.0160. The molecule has 31 heavy (non-hydrogen) atoms. The number of ketones is 1. The molecule has 1 amide bonds. The van der Waals surface area contributed by atoms with E-state index in [2.05, 4.69) is 24.5 Å². The zero-order valence-corrected chi connectivity index (χ0v) is 18.7. The SMILES string of the molecule is CC1=C(C(=O)Nc2ccc(F)cc2F)C(c2sccc2C)C2=C(CC(C)(C)CC2=O)N1. The molecule has 2 aromatic rings. The Labute approximate surface area is 184 Å². The highest BCUT2D eigenvalue weighted by Gasteiger charge is 2.43. The molecule has 0 fully saturated rings. The van der Waals surface area contributed by atoms with Crippen molar-refractivity contribution in [3.05, 3.63) is 74.3 Å². The first-order valence-corrected chi connectivity index (χ1v) is 11.0. The molecule has 1 unspecified atom stereocenters. The van der Waals surface area contributed by atoms with Crippen molar-refractivity contribution in [2.75, 3.05) is 5.32 Å². The number of hydrogen-bond acceptors (Lipinski definition) is 4. The summed E-state index contributed by atoms with van der Waals surface area (Å²) < 4.78 is 27.4. The first kappa shape index (κ1) is 21.4. The molecule has 0 bridgehead atoms. The summed E-state index contributed by atoms with van der Waals surface area (Å²) in [6.07, 6.45) is 1.10. The predicted molar refractivity (Wildman–Crippen MR) is 118 cm³/mol. The van der Waals surface area contributed by atoms with Gasteiger partial charge in [-0.3, -0.25) is 9.59 Å². The van der Waals surface area contributed by atoms with Gasteiger partial charge >= 0.3 is 0 Å². The van der Waals surface area contributed by atoms with Gasteiger partial charge in [-0.15, -0.1) is 11.3 Å². The third-order valence-electron chi connectivity index (χ3n) is 5.83. The quantitative estimate of drug-likeness (QED) is 0.653. The standard InChI is InChI=1S/C24H24F2N2O2S/c1-12-7-8-31-22(12)21-19(23(30)28-16-6-5-14(25)9-15(16)26)13(2)27-17-10-24(3,4)11-18(29)20(17)21/h5-9,21,27H,10-11H2,1-4H3,(H,28,30). The molecule has 7 heteroatoms. The number of allylic oxidation sites excluding steroid dienone is 3. The van der Waals surface area contributed by atoms with Crippen molar-refractivity contribution in [3.63, 3.8) is 0 Å². The van der Waals surface area contributed by atoms with E-state index in [9.17, 15) is 18.4 Å². The third-order valence-corrected chi connectivity index (χ3v) is 6.91. The molecule has 1 atom stereocenters. The second-order valence-corrected chi connectivity index (χ2v) is 9.92. The summed E-state index contributed by atoms with van der Waals surface area (Å²) >= 11 is 1.50. The zero-order chi connectivity index (χ0) is 22.5. The third kappa shape index (κ3) is 3.94. The number of dihydropyridines is 1. The lowest BCUT2D eigenvalue weighted by Gasteiger charge is -2.39. The molecule has 0 spiro atoms.